The highest BCUT2D eigenvalue weighted by atomic mass is 33.1. The van der Waals surface area contributed by atoms with Crippen LogP contribution < -0.4 is 5.73 Å². The summed E-state index contributed by atoms with van der Waals surface area (Å²) in [7, 11) is 3.67. The first-order valence-electron chi connectivity index (χ1n) is 8.67. The summed E-state index contributed by atoms with van der Waals surface area (Å²) in [6, 6.07) is 0. The van der Waals surface area contributed by atoms with Crippen LogP contribution in [0.3, 0.4) is 0 Å². The molecule has 1 atom stereocenters. The van der Waals surface area contributed by atoms with Gasteiger partial charge in [-0.15, -0.1) is 0 Å². The van der Waals surface area contributed by atoms with Crippen molar-refractivity contribution in [2.24, 2.45) is 11.7 Å². The van der Waals surface area contributed by atoms with Crippen LogP contribution in [0.5, 0.6) is 0 Å². The highest BCUT2D eigenvalue weighted by molar-refractivity contribution is 8.77. The Balaban J connectivity index is 3.61. The molecule has 0 fully saturated rings. The largest absolute Gasteiger partial charge is 0.379 e. The molecular formula is C17H37NO3S2. The second-order valence-corrected chi connectivity index (χ2v) is 10.1. The van der Waals surface area contributed by atoms with Gasteiger partial charge in [0.15, 0.2) is 0 Å². The molecule has 0 aromatic carbocycles. The maximum Gasteiger partial charge on any atom is 0.113 e. The zero-order valence-electron chi connectivity index (χ0n) is 15.6. The lowest BCUT2D eigenvalue weighted by molar-refractivity contribution is 0.00650. The smallest absolute Gasteiger partial charge is 0.113 e. The van der Waals surface area contributed by atoms with Gasteiger partial charge in [-0.1, -0.05) is 56.2 Å². The molecule has 1 unspecified atom stereocenters. The summed E-state index contributed by atoms with van der Waals surface area (Å²) >= 11 is 0. The molecule has 0 aliphatic rings. The quantitative estimate of drug-likeness (QED) is 0.264. The van der Waals surface area contributed by atoms with Crippen LogP contribution in [-0.2, 0) is 14.2 Å². The van der Waals surface area contributed by atoms with E-state index in [4.69, 9.17) is 19.9 Å². The summed E-state index contributed by atoms with van der Waals surface area (Å²) in [5.74, 6) is 0.693. The van der Waals surface area contributed by atoms with Gasteiger partial charge in [0, 0.05) is 11.4 Å². The Kier molecular flexibility index (Phi) is 15.2. The number of nitrogens with two attached hydrogens (primary N) is 1. The van der Waals surface area contributed by atoms with Crippen molar-refractivity contribution < 1.29 is 14.2 Å². The minimum absolute atomic E-state index is 0.189. The van der Waals surface area contributed by atoms with Gasteiger partial charge in [-0.05, 0) is 31.7 Å². The van der Waals surface area contributed by atoms with Crippen LogP contribution in [-0.4, -0.2) is 49.8 Å². The van der Waals surface area contributed by atoms with Crippen molar-refractivity contribution in [3.8, 4) is 0 Å². The van der Waals surface area contributed by atoms with E-state index in [2.05, 4.69) is 34.6 Å². The van der Waals surface area contributed by atoms with Crippen molar-refractivity contribution in [3.63, 3.8) is 0 Å². The predicted octanol–water partition coefficient (Wildman–Crippen LogP) is 4.33. The van der Waals surface area contributed by atoms with Gasteiger partial charge in [0.1, 0.15) is 5.44 Å². The summed E-state index contributed by atoms with van der Waals surface area (Å²) in [4.78, 5) is 0. The second kappa shape index (κ2) is 14.8. The van der Waals surface area contributed by atoms with Gasteiger partial charge in [-0.3, -0.25) is 0 Å². The summed E-state index contributed by atoms with van der Waals surface area (Å²) in [6.07, 6.45) is 3.09. The Morgan fingerprint density at radius 1 is 0.913 bits per heavy atom. The van der Waals surface area contributed by atoms with Crippen LogP contribution in [0.25, 0.3) is 0 Å². The highest BCUT2D eigenvalue weighted by Gasteiger charge is 2.17. The molecule has 0 aliphatic carbocycles. The van der Waals surface area contributed by atoms with Crippen molar-refractivity contribution in [2.45, 2.75) is 64.1 Å². The van der Waals surface area contributed by atoms with Crippen molar-refractivity contribution in [2.75, 3.05) is 39.6 Å². The number of hydrogen-bond donors (Lipinski definition) is 1. The molecule has 0 heterocycles. The third-order valence-corrected chi connectivity index (χ3v) is 6.41. The van der Waals surface area contributed by atoms with Gasteiger partial charge in [-0.25, -0.2) is 0 Å². The van der Waals surface area contributed by atoms with E-state index < -0.39 is 0 Å². The average molecular weight is 368 g/mol. The van der Waals surface area contributed by atoms with Gasteiger partial charge < -0.3 is 19.9 Å². The number of hydrogen-bond acceptors (Lipinski definition) is 6. The van der Waals surface area contributed by atoms with Gasteiger partial charge >= 0.3 is 0 Å². The van der Waals surface area contributed by atoms with Crippen LogP contribution in [0, 0.1) is 5.92 Å². The van der Waals surface area contributed by atoms with Crippen molar-refractivity contribution in [1.82, 2.24) is 0 Å². The normalized spacial score (nSPS) is 13.7. The fourth-order valence-electron chi connectivity index (χ4n) is 1.52. The van der Waals surface area contributed by atoms with Gasteiger partial charge in [0.25, 0.3) is 0 Å². The van der Waals surface area contributed by atoms with E-state index in [0.717, 1.165) is 25.9 Å². The molecule has 0 bridgehead atoms. The summed E-state index contributed by atoms with van der Waals surface area (Å²) < 4.78 is 17.2. The molecule has 0 saturated carbocycles. The van der Waals surface area contributed by atoms with Gasteiger partial charge in [0.05, 0.1) is 26.4 Å². The molecule has 0 radical (unpaired) electrons. The van der Waals surface area contributed by atoms with Crippen molar-refractivity contribution >= 4 is 21.6 Å². The van der Waals surface area contributed by atoms with E-state index in [1.807, 2.05) is 10.8 Å². The second-order valence-electron chi connectivity index (χ2n) is 6.93. The molecule has 0 aromatic rings. The third-order valence-electron chi connectivity index (χ3n) is 2.79. The molecular weight excluding hydrogens is 330 g/mol. The van der Waals surface area contributed by atoms with E-state index >= 15 is 0 Å². The molecule has 0 spiro atoms. The molecule has 0 amide bonds. The highest BCUT2D eigenvalue weighted by Crippen LogP contribution is 2.39. The van der Waals surface area contributed by atoms with Crippen LogP contribution >= 0.6 is 21.6 Å². The fourth-order valence-corrected chi connectivity index (χ4v) is 3.98. The average Bonchev–Trinajstić information content (AvgIpc) is 2.46. The molecule has 0 saturated heterocycles. The van der Waals surface area contributed by atoms with E-state index in [-0.39, 0.29) is 10.2 Å². The van der Waals surface area contributed by atoms with Crippen LogP contribution in [0.2, 0.25) is 0 Å². The fraction of sp³-hybridized carbons (Fsp3) is 1.00. The van der Waals surface area contributed by atoms with E-state index in [9.17, 15) is 0 Å². The summed E-state index contributed by atoms with van der Waals surface area (Å²) in [6.45, 7) is 15.1. The SMILES string of the molecule is CC(C)CCOCCOCCOC(CCCN)SSC(C)(C)C. The zero-order chi connectivity index (χ0) is 17.6. The maximum atomic E-state index is 5.92. The monoisotopic (exact) mass is 367 g/mol. The molecule has 140 valence electrons. The molecule has 6 heteroatoms. The molecule has 0 aliphatic heterocycles. The molecule has 4 nitrogen and oxygen atoms in total. The Morgan fingerprint density at radius 2 is 1.52 bits per heavy atom. The van der Waals surface area contributed by atoms with Crippen molar-refractivity contribution in [3.05, 3.63) is 0 Å². The molecule has 0 aromatic heterocycles. The third kappa shape index (κ3) is 18.7. The van der Waals surface area contributed by atoms with Gasteiger partial charge in [-0.2, -0.15) is 0 Å². The minimum Gasteiger partial charge on any atom is -0.379 e. The zero-order valence-corrected chi connectivity index (χ0v) is 17.3. The van der Waals surface area contributed by atoms with E-state index in [0.29, 0.717) is 38.9 Å². The molecule has 2 N–H and O–H groups in total. The Morgan fingerprint density at radius 3 is 2.09 bits per heavy atom. The molecule has 23 heavy (non-hydrogen) atoms. The number of ether oxygens (including phenoxy) is 3. The maximum absolute atomic E-state index is 5.92. The summed E-state index contributed by atoms with van der Waals surface area (Å²) in [5.41, 5.74) is 5.79. The predicted molar refractivity (Wildman–Crippen MR) is 104 cm³/mol. The first kappa shape index (κ1) is 23.5. The van der Waals surface area contributed by atoms with E-state index in [1.54, 1.807) is 10.8 Å². The van der Waals surface area contributed by atoms with Crippen LogP contribution in [0.15, 0.2) is 0 Å². The Bertz CT molecular complexity index is 261. The lowest BCUT2D eigenvalue weighted by Crippen LogP contribution is -2.17. The van der Waals surface area contributed by atoms with Crippen LogP contribution in [0.4, 0.5) is 0 Å². The Labute approximate surface area is 151 Å². The summed E-state index contributed by atoms with van der Waals surface area (Å²) in [5, 5.41) is 0. The standard InChI is InChI=1S/C17H37NO3S2/c1-15(2)8-10-19-11-12-20-13-14-21-16(7-6-9-18)22-23-17(3,4)5/h15-16H,6-14,18H2,1-5H3. The number of rotatable bonds is 15. The Hall–Kier alpha value is 0.540. The first-order valence-corrected chi connectivity index (χ1v) is 10.9. The minimum atomic E-state index is 0.189. The van der Waals surface area contributed by atoms with Crippen molar-refractivity contribution in [1.29, 1.82) is 0 Å². The topological polar surface area (TPSA) is 53.7 Å². The van der Waals surface area contributed by atoms with Gasteiger partial charge in [0.2, 0.25) is 0 Å². The molecule has 0 rings (SSSR count). The first-order chi connectivity index (χ1) is 10.8. The van der Waals surface area contributed by atoms with Crippen LogP contribution in [0.1, 0.15) is 53.9 Å². The van der Waals surface area contributed by atoms with E-state index in [1.165, 1.54) is 0 Å². The lowest BCUT2D eigenvalue weighted by Gasteiger charge is -2.22. The lowest BCUT2D eigenvalue weighted by atomic mass is 10.1.